The summed E-state index contributed by atoms with van der Waals surface area (Å²) in [6.45, 7) is 2.53. The highest BCUT2D eigenvalue weighted by Gasteiger charge is 2.08. The van der Waals surface area contributed by atoms with Crippen LogP contribution in [0.5, 0.6) is 0 Å². The van der Waals surface area contributed by atoms with Gasteiger partial charge in [-0.15, -0.1) is 0 Å². The van der Waals surface area contributed by atoms with E-state index in [9.17, 15) is 0 Å². The van der Waals surface area contributed by atoms with E-state index in [1.165, 1.54) is 5.56 Å². The Hall–Kier alpha value is -2.46. The first-order valence-corrected chi connectivity index (χ1v) is 6.53. The summed E-state index contributed by atoms with van der Waals surface area (Å²) >= 11 is 0. The van der Waals surface area contributed by atoms with E-state index in [4.69, 9.17) is 5.73 Å². The van der Waals surface area contributed by atoms with Crippen LogP contribution in [0.25, 0.3) is 16.8 Å². The molecule has 3 rings (SSSR count). The fourth-order valence-electron chi connectivity index (χ4n) is 2.38. The highest BCUT2D eigenvalue weighted by molar-refractivity contribution is 5.70. The lowest BCUT2D eigenvalue weighted by Gasteiger charge is -2.11. The zero-order valence-electron chi connectivity index (χ0n) is 11.3. The minimum atomic E-state index is 0.445. The summed E-state index contributed by atoms with van der Waals surface area (Å²) in [7, 11) is 0. The number of imidazole rings is 1. The Morgan fingerprint density at radius 1 is 1.10 bits per heavy atom. The largest absolute Gasteiger partial charge is 0.325 e. The van der Waals surface area contributed by atoms with Crippen molar-refractivity contribution in [2.45, 2.75) is 13.5 Å². The Morgan fingerprint density at radius 2 is 1.90 bits per heavy atom. The van der Waals surface area contributed by atoms with Crippen molar-refractivity contribution in [3.63, 3.8) is 0 Å². The first kappa shape index (κ1) is 12.6. The van der Waals surface area contributed by atoms with Crippen LogP contribution in [0.4, 0.5) is 0 Å². The van der Waals surface area contributed by atoms with Gasteiger partial charge in [-0.3, -0.25) is 4.98 Å². The molecule has 0 radical (unpaired) electrons. The van der Waals surface area contributed by atoms with E-state index in [2.05, 4.69) is 41.2 Å². The number of nitrogens with two attached hydrogens (primary N) is 1. The molecule has 0 aliphatic heterocycles. The highest BCUT2D eigenvalue weighted by atomic mass is 15.0. The molecule has 0 spiro atoms. The molecule has 0 aliphatic carbocycles. The number of hydrogen-bond acceptors (Lipinski definition) is 3. The van der Waals surface area contributed by atoms with Crippen molar-refractivity contribution in [1.82, 2.24) is 14.5 Å². The molecule has 2 N–H and O–H groups in total. The lowest BCUT2D eigenvalue weighted by Crippen LogP contribution is -2.03. The lowest BCUT2D eigenvalue weighted by molar-refractivity contribution is 0.988. The van der Waals surface area contributed by atoms with Gasteiger partial charge in [0, 0.05) is 36.4 Å². The molecule has 0 bridgehead atoms. The summed E-state index contributed by atoms with van der Waals surface area (Å²) in [5.41, 5.74) is 11.3. The van der Waals surface area contributed by atoms with Crippen LogP contribution in [-0.4, -0.2) is 14.5 Å². The van der Waals surface area contributed by atoms with Crippen molar-refractivity contribution >= 4 is 0 Å². The monoisotopic (exact) mass is 264 g/mol. The maximum absolute atomic E-state index is 5.79. The van der Waals surface area contributed by atoms with E-state index in [0.29, 0.717) is 6.54 Å². The average molecular weight is 264 g/mol. The Labute approximate surface area is 117 Å². The van der Waals surface area contributed by atoms with Gasteiger partial charge in [0.25, 0.3) is 0 Å². The zero-order chi connectivity index (χ0) is 13.9. The number of nitrogens with zero attached hydrogens (tertiary/aromatic N) is 3. The normalized spacial score (nSPS) is 10.7. The van der Waals surface area contributed by atoms with Gasteiger partial charge in [0.05, 0.1) is 12.0 Å². The third kappa shape index (κ3) is 2.21. The standard InChI is InChI=1S/C16H16N4/c1-12-6-7-19-15(10-17)16(12)13-2-4-14(5-3-13)20-9-8-18-11-20/h2-9,11H,10,17H2,1H3. The molecule has 2 aromatic heterocycles. The van der Waals surface area contributed by atoms with Gasteiger partial charge in [0.2, 0.25) is 0 Å². The van der Waals surface area contributed by atoms with Gasteiger partial charge in [0.15, 0.2) is 0 Å². The van der Waals surface area contributed by atoms with Crippen molar-refractivity contribution in [2.24, 2.45) is 5.73 Å². The molecular formula is C16H16N4. The van der Waals surface area contributed by atoms with Crippen molar-refractivity contribution in [3.8, 4) is 16.8 Å². The number of rotatable bonds is 3. The van der Waals surface area contributed by atoms with E-state index < -0.39 is 0 Å². The molecule has 100 valence electrons. The average Bonchev–Trinajstić information content (AvgIpc) is 3.01. The summed E-state index contributed by atoms with van der Waals surface area (Å²) in [5, 5.41) is 0. The van der Waals surface area contributed by atoms with Crippen LogP contribution in [0.3, 0.4) is 0 Å². The van der Waals surface area contributed by atoms with Gasteiger partial charge in [-0.25, -0.2) is 4.98 Å². The fourth-order valence-corrected chi connectivity index (χ4v) is 2.38. The molecule has 0 amide bonds. The molecule has 0 saturated heterocycles. The van der Waals surface area contributed by atoms with E-state index >= 15 is 0 Å². The zero-order valence-corrected chi connectivity index (χ0v) is 11.3. The molecule has 4 heteroatoms. The number of benzene rings is 1. The summed E-state index contributed by atoms with van der Waals surface area (Å²) in [4.78, 5) is 8.42. The van der Waals surface area contributed by atoms with E-state index in [1.807, 2.05) is 16.8 Å². The second-order valence-electron chi connectivity index (χ2n) is 4.67. The van der Waals surface area contributed by atoms with E-state index in [-0.39, 0.29) is 0 Å². The molecule has 4 nitrogen and oxygen atoms in total. The summed E-state index contributed by atoms with van der Waals surface area (Å²) < 4.78 is 1.98. The number of aromatic nitrogens is 3. The number of hydrogen-bond donors (Lipinski definition) is 1. The van der Waals surface area contributed by atoms with Crippen molar-refractivity contribution in [1.29, 1.82) is 0 Å². The Kier molecular flexibility index (Phi) is 3.31. The molecule has 0 unspecified atom stereocenters. The van der Waals surface area contributed by atoms with Gasteiger partial charge < -0.3 is 10.3 Å². The van der Waals surface area contributed by atoms with Crippen LogP contribution in [-0.2, 0) is 6.54 Å². The molecule has 0 aliphatic rings. The van der Waals surface area contributed by atoms with Crippen molar-refractivity contribution in [2.75, 3.05) is 0 Å². The van der Waals surface area contributed by atoms with E-state index in [1.54, 1.807) is 18.7 Å². The minimum Gasteiger partial charge on any atom is -0.325 e. The van der Waals surface area contributed by atoms with Gasteiger partial charge in [-0.2, -0.15) is 0 Å². The Balaban J connectivity index is 2.04. The molecule has 0 saturated carbocycles. The molecule has 2 heterocycles. The molecule has 3 aromatic rings. The van der Waals surface area contributed by atoms with Crippen LogP contribution in [0.1, 0.15) is 11.3 Å². The van der Waals surface area contributed by atoms with Crippen LogP contribution in [0.2, 0.25) is 0 Å². The molecule has 0 atom stereocenters. The maximum atomic E-state index is 5.79. The van der Waals surface area contributed by atoms with Gasteiger partial charge in [0.1, 0.15) is 0 Å². The predicted octanol–water partition coefficient (Wildman–Crippen LogP) is 2.70. The third-order valence-corrected chi connectivity index (χ3v) is 3.39. The quantitative estimate of drug-likeness (QED) is 0.791. The molecule has 1 aromatic carbocycles. The lowest BCUT2D eigenvalue weighted by atomic mass is 9.99. The third-order valence-electron chi connectivity index (χ3n) is 3.39. The van der Waals surface area contributed by atoms with Crippen LogP contribution in [0, 0.1) is 6.92 Å². The SMILES string of the molecule is Cc1ccnc(CN)c1-c1ccc(-n2ccnc2)cc1. The highest BCUT2D eigenvalue weighted by Crippen LogP contribution is 2.26. The second kappa shape index (κ2) is 5.27. The Bertz CT molecular complexity index is 700. The fraction of sp³-hybridized carbons (Fsp3) is 0.125. The maximum Gasteiger partial charge on any atom is 0.0991 e. The van der Waals surface area contributed by atoms with Gasteiger partial charge in [-0.1, -0.05) is 12.1 Å². The predicted molar refractivity (Wildman–Crippen MR) is 79.4 cm³/mol. The topological polar surface area (TPSA) is 56.7 Å². The molecule has 20 heavy (non-hydrogen) atoms. The summed E-state index contributed by atoms with van der Waals surface area (Å²) in [5.74, 6) is 0. The van der Waals surface area contributed by atoms with E-state index in [0.717, 1.165) is 22.5 Å². The summed E-state index contributed by atoms with van der Waals surface area (Å²) in [6, 6.07) is 10.3. The van der Waals surface area contributed by atoms with Crippen LogP contribution >= 0.6 is 0 Å². The molecular weight excluding hydrogens is 248 g/mol. The van der Waals surface area contributed by atoms with Crippen molar-refractivity contribution in [3.05, 3.63) is 66.5 Å². The number of pyridine rings is 1. The van der Waals surface area contributed by atoms with Crippen LogP contribution < -0.4 is 5.73 Å². The first-order valence-electron chi connectivity index (χ1n) is 6.53. The number of aryl methyl sites for hydroxylation is 1. The first-order chi connectivity index (χ1) is 9.79. The van der Waals surface area contributed by atoms with Gasteiger partial charge >= 0.3 is 0 Å². The molecule has 0 fully saturated rings. The van der Waals surface area contributed by atoms with Gasteiger partial charge in [-0.05, 0) is 36.2 Å². The van der Waals surface area contributed by atoms with Crippen LogP contribution in [0.15, 0.2) is 55.2 Å². The minimum absolute atomic E-state index is 0.445. The summed E-state index contributed by atoms with van der Waals surface area (Å²) in [6.07, 6.45) is 7.29. The second-order valence-corrected chi connectivity index (χ2v) is 4.67. The Morgan fingerprint density at radius 3 is 2.55 bits per heavy atom. The van der Waals surface area contributed by atoms with Crippen molar-refractivity contribution < 1.29 is 0 Å². The smallest absolute Gasteiger partial charge is 0.0991 e.